The minimum Gasteiger partial charge on any atom is -0.476 e. The van der Waals surface area contributed by atoms with Gasteiger partial charge in [-0.1, -0.05) is 0 Å². The lowest BCUT2D eigenvalue weighted by Crippen LogP contribution is -2.25. The number of carboxylic acids is 1. The van der Waals surface area contributed by atoms with Gasteiger partial charge in [-0.2, -0.15) is 16.7 Å². The molecule has 0 radical (unpaired) electrons. The molecule has 1 aromatic heterocycles. The third kappa shape index (κ3) is 2.44. The van der Waals surface area contributed by atoms with Crippen LogP contribution in [0.5, 0.6) is 0 Å². The lowest BCUT2D eigenvalue weighted by atomic mass is 10.4. The maximum Gasteiger partial charge on any atom is 0.357 e. The van der Waals surface area contributed by atoms with Crippen LogP contribution in [0.4, 0.5) is 6.01 Å². The molecule has 1 fully saturated rings. The van der Waals surface area contributed by atoms with Crippen LogP contribution in [-0.4, -0.2) is 40.7 Å². The van der Waals surface area contributed by atoms with E-state index in [0.717, 1.165) is 31.0 Å². The van der Waals surface area contributed by atoms with Crippen molar-refractivity contribution in [2.24, 2.45) is 0 Å². The van der Waals surface area contributed by atoms with E-state index >= 15 is 0 Å². The van der Waals surface area contributed by atoms with E-state index in [4.69, 9.17) is 9.52 Å². The molecule has 2 heterocycles. The summed E-state index contributed by atoms with van der Waals surface area (Å²) in [6.07, 6.45) is 2.27. The molecule has 1 aliphatic heterocycles. The van der Waals surface area contributed by atoms with Crippen LogP contribution in [0.25, 0.3) is 0 Å². The summed E-state index contributed by atoms with van der Waals surface area (Å²) < 4.78 is 5.15. The number of aromatic nitrogens is 1. The summed E-state index contributed by atoms with van der Waals surface area (Å²) >= 11 is 1.90. The summed E-state index contributed by atoms with van der Waals surface area (Å²) in [6, 6.07) is 0.426. The van der Waals surface area contributed by atoms with Gasteiger partial charge in [-0.3, -0.25) is 0 Å². The van der Waals surface area contributed by atoms with Gasteiger partial charge in [0.15, 0.2) is 5.69 Å². The molecule has 0 atom stereocenters. The van der Waals surface area contributed by atoms with Crippen LogP contribution in [0, 0.1) is 0 Å². The predicted octanol–water partition coefficient (Wildman–Crippen LogP) is 1.32. The van der Waals surface area contributed by atoms with E-state index in [-0.39, 0.29) is 5.69 Å². The van der Waals surface area contributed by atoms with Gasteiger partial charge in [0.1, 0.15) is 6.26 Å². The number of oxazole rings is 1. The fourth-order valence-electron chi connectivity index (χ4n) is 1.45. The van der Waals surface area contributed by atoms with Crippen LogP contribution < -0.4 is 4.90 Å². The Bertz CT molecular complexity index is 345. The van der Waals surface area contributed by atoms with Crippen molar-refractivity contribution >= 4 is 23.7 Å². The van der Waals surface area contributed by atoms with Crippen LogP contribution >= 0.6 is 11.8 Å². The van der Waals surface area contributed by atoms with Crippen LogP contribution in [0.2, 0.25) is 0 Å². The first-order valence-corrected chi connectivity index (χ1v) is 5.94. The minimum absolute atomic E-state index is 0.0260. The molecule has 0 unspecified atom stereocenters. The zero-order valence-electron chi connectivity index (χ0n) is 8.18. The molecule has 1 N–H and O–H groups in total. The highest BCUT2D eigenvalue weighted by Gasteiger charge is 2.17. The van der Waals surface area contributed by atoms with Gasteiger partial charge in [-0.15, -0.1) is 0 Å². The second-order valence-corrected chi connectivity index (χ2v) is 4.50. The van der Waals surface area contributed by atoms with Gasteiger partial charge in [0, 0.05) is 18.8 Å². The van der Waals surface area contributed by atoms with Crippen LogP contribution in [0.3, 0.4) is 0 Å². The summed E-state index contributed by atoms with van der Waals surface area (Å²) in [5.41, 5.74) is -0.0260. The average molecular weight is 228 g/mol. The number of carbonyl (C=O) groups is 1. The Balaban J connectivity index is 2.10. The van der Waals surface area contributed by atoms with E-state index < -0.39 is 5.97 Å². The van der Waals surface area contributed by atoms with Crippen LogP contribution in [-0.2, 0) is 0 Å². The molecular formula is C9H12N2O3S. The summed E-state index contributed by atoms with van der Waals surface area (Å²) in [5.74, 6) is 1.13. The van der Waals surface area contributed by atoms with Crippen molar-refractivity contribution in [3.63, 3.8) is 0 Å². The maximum atomic E-state index is 10.6. The third-order valence-corrected chi connectivity index (χ3v) is 3.25. The Hall–Kier alpha value is -1.17. The molecule has 1 saturated heterocycles. The number of hydrogen-bond donors (Lipinski definition) is 1. The molecule has 15 heavy (non-hydrogen) atoms. The second kappa shape index (κ2) is 4.57. The summed E-state index contributed by atoms with van der Waals surface area (Å²) in [4.78, 5) is 16.5. The number of thioether (sulfide) groups is 1. The van der Waals surface area contributed by atoms with Crippen molar-refractivity contribution in [2.45, 2.75) is 6.42 Å². The maximum absolute atomic E-state index is 10.6. The quantitative estimate of drug-likeness (QED) is 0.823. The number of aromatic carboxylic acids is 1. The first-order chi connectivity index (χ1) is 7.27. The zero-order valence-corrected chi connectivity index (χ0v) is 9.00. The molecule has 82 valence electrons. The number of rotatable bonds is 2. The molecule has 2 rings (SSSR count). The molecule has 0 aliphatic carbocycles. The average Bonchev–Trinajstić information content (AvgIpc) is 2.55. The smallest absolute Gasteiger partial charge is 0.357 e. The summed E-state index contributed by atoms with van der Waals surface area (Å²) in [7, 11) is 0. The number of hydrogen-bond acceptors (Lipinski definition) is 5. The van der Waals surface area contributed by atoms with E-state index in [0.29, 0.717) is 6.01 Å². The van der Waals surface area contributed by atoms with Gasteiger partial charge < -0.3 is 14.4 Å². The van der Waals surface area contributed by atoms with Crippen LogP contribution in [0.15, 0.2) is 10.7 Å². The molecule has 0 spiro atoms. The lowest BCUT2D eigenvalue weighted by Gasteiger charge is -2.16. The minimum atomic E-state index is -1.05. The lowest BCUT2D eigenvalue weighted by molar-refractivity contribution is 0.0690. The highest BCUT2D eigenvalue weighted by Crippen LogP contribution is 2.18. The van der Waals surface area contributed by atoms with Gasteiger partial charge in [-0.05, 0) is 12.2 Å². The fraction of sp³-hybridized carbons (Fsp3) is 0.556. The molecule has 0 saturated carbocycles. The summed E-state index contributed by atoms with van der Waals surface area (Å²) in [6.45, 7) is 1.75. The Labute approximate surface area is 91.5 Å². The zero-order chi connectivity index (χ0) is 10.7. The molecule has 6 heteroatoms. The van der Waals surface area contributed by atoms with E-state index in [1.807, 2.05) is 16.7 Å². The van der Waals surface area contributed by atoms with Gasteiger partial charge in [0.25, 0.3) is 6.01 Å². The normalized spacial score (nSPS) is 17.5. The predicted molar refractivity (Wildman–Crippen MR) is 57.6 cm³/mol. The second-order valence-electron chi connectivity index (χ2n) is 3.27. The Morgan fingerprint density at radius 1 is 1.53 bits per heavy atom. The van der Waals surface area contributed by atoms with Gasteiger partial charge >= 0.3 is 5.97 Å². The van der Waals surface area contributed by atoms with Crippen molar-refractivity contribution in [1.82, 2.24) is 4.98 Å². The number of carboxylic acid groups (broad SMARTS) is 1. The van der Waals surface area contributed by atoms with Crippen molar-refractivity contribution in [3.05, 3.63) is 12.0 Å². The number of nitrogens with zero attached hydrogens (tertiary/aromatic N) is 2. The molecule has 5 nitrogen and oxygen atoms in total. The Morgan fingerprint density at radius 2 is 2.40 bits per heavy atom. The highest BCUT2D eigenvalue weighted by atomic mass is 32.2. The van der Waals surface area contributed by atoms with Crippen LogP contribution in [0.1, 0.15) is 16.9 Å². The SMILES string of the molecule is O=C(O)c1coc(N2CCCSCC2)n1. The first kappa shape index (κ1) is 10.4. The molecule has 0 bridgehead atoms. The van der Waals surface area contributed by atoms with E-state index in [1.165, 1.54) is 6.26 Å². The third-order valence-electron chi connectivity index (χ3n) is 2.20. The highest BCUT2D eigenvalue weighted by molar-refractivity contribution is 7.99. The monoisotopic (exact) mass is 228 g/mol. The van der Waals surface area contributed by atoms with E-state index in [9.17, 15) is 4.79 Å². The van der Waals surface area contributed by atoms with Crippen molar-refractivity contribution < 1.29 is 14.3 Å². The van der Waals surface area contributed by atoms with E-state index in [1.54, 1.807) is 0 Å². The Morgan fingerprint density at radius 3 is 3.13 bits per heavy atom. The van der Waals surface area contributed by atoms with Gasteiger partial charge in [0.05, 0.1) is 0 Å². The van der Waals surface area contributed by atoms with Gasteiger partial charge in [0.2, 0.25) is 0 Å². The van der Waals surface area contributed by atoms with Crippen molar-refractivity contribution in [1.29, 1.82) is 0 Å². The summed E-state index contributed by atoms with van der Waals surface area (Å²) in [5, 5.41) is 8.71. The largest absolute Gasteiger partial charge is 0.476 e. The topological polar surface area (TPSA) is 66.6 Å². The standard InChI is InChI=1S/C9H12N2O3S/c12-8(13)7-6-14-9(10-7)11-2-1-4-15-5-3-11/h6H,1-5H2,(H,12,13). The van der Waals surface area contributed by atoms with Crippen molar-refractivity contribution in [2.75, 3.05) is 29.5 Å². The molecule has 1 aliphatic rings. The van der Waals surface area contributed by atoms with Crippen molar-refractivity contribution in [3.8, 4) is 0 Å². The van der Waals surface area contributed by atoms with Gasteiger partial charge in [-0.25, -0.2) is 4.79 Å². The number of anilines is 1. The fourth-order valence-corrected chi connectivity index (χ4v) is 2.33. The first-order valence-electron chi connectivity index (χ1n) is 4.79. The molecule has 1 aromatic rings. The Kier molecular flexibility index (Phi) is 3.15. The molecule has 0 amide bonds. The molecule has 0 aromatic carbocycles. The van der Waals surface area contributed by atoms with E-state index in [2.05, 4.69) is 4.98 Å². The molecular weight excluding hydrogens is 216 g/mol.